The monoisotopic (exact) mass is 484 g/mol. The fourth-order valence-corrected chi connectivity index (χ4v) is 5.64. The third kappa shape index (κ3) is 6.13. The van der Waals surface area contributed by atoms with Crippen molar-refractivity contribution in [2.24, 2.45) is 0 Å². The molecule has 0 atom stereocenters. The van der Waals surface area contributed by atoms with Gasteiger partial charge in [-0.15, -0.1) is 0 Å². The van der Waals surface area contributed by atoms with Crippen molar-refractivity contribution in [3.05, 3.63) is 52.5 Å². The largest absolute Gasteiger partial charge is 0.494 e. The summed E-state index contributed by atoms with van der Waals surface area (Å²) in [6, 6.07) is 10.8. The van der Waals surface area contributed by atoms with Crippen LogP contribution in [0.5, 0.6) is 5.75 Å². The third-order valence-electron chi connectivity index (χ3n) is 5.23. The van der Waals surface area contributed by atoms with E-state index in [0.29, 0.717) is 28.1 Å². The summed E-state index contributed by atoms with van der Waals surface area (Å²) in [4.78, 5) is 12.9. The van der Waals surface area contributed by atoms with E-state index in [-0.39, 0.29) is 17.5 Å². The molecule has 1 amide bonds. The van der Waals surface area contributed by atoms with Gasteiger partial charge in [0.2, 0.25) is 15.9 Å². The van der Waals surface area contributed by atoms with Gasteiger partial charge in [-0.05, 0) is 62.2 Å². The van der Waals surface area contributed by atoms with E-state index in [9.17, 15) is 13.2 Å². The van der Waals surface area contributed by atoms with E-state index < -0.39 is 15.9 Å². The van der Waals surface area contributed by atoms with E-state index in [2.05, 4.69) is 5.32 Å². The molecule has 0 aliphatic heterocycles. The molecule has 6 nitrogen and oxygen atoms in total. The van der Waals surface area contributed by atoms with Crippen molar-refractivity contribution in [3.8, 4) is 5.75 Å². The summed E-state index contributed by atoms with van der Waals surface area (Å²) in [7, 11) is -3.86. The molecule has 1 N–H and O–H groups in total. The third-order valence-corrected chi connectivity index (χ3v) is 7.88. The summed E-state index contributed by atoms with van der Waals surface area (Å²) in [6.07, 6.45) is 4.41. The number of hydrogen-bond acceptors (Lipinski definition) is 4. The second kappa shape index (κ2) is 10.7. The summed E-state index contributed by atoms with van der Waals surface area (Å²) in [6.45, 7) is 2.08. The van der Waals surface area contributed by atoms with E-state index in [4.69, 9.17) is 27.9 Å². The van der Waals surface area contributed by atoms with Crippen molar-refractivity contribution in [2.75, 3.05) is 18.5 Å². The second-order valence-electron chi connectivity index (χ2n) is 7.42. The lowest BCUT2D eigenvalue weighted by molar-refractivity contribution is -0.116. The molecule has 0 radical (unpaired) electrons. The van der Waals surface area contributed by atoms with Gasteiger partial charge in [-0.3, -0.25) is 4.79 Å². The Bertz CT molecular complexity index is 1010. The zero-order valence-corrected chi connectivity index (χ0v) is 19.6. The molecule has 0 heterocycles. The van der Waals surface area contributed by atoms with Gasteiger partial charge in [0.25, 0.3) is 0 Å². The Hall–Kier alpha value is -1.80. The van der Waals surface area contributed by atoms with Crippen LogP contribution in [0.15, 0.2) is 47.4 Å². The van der Waals surface area contributed by atoms with Crippen LogP contribution in [0.4, 0.5) is 5.69 Å². The van der Waals surface area contributed by atoms with Crippen LogP contribution < -0.4 is 10.1 Å². The maximum Gasteiger partial charge on any atom is 0.243 e. The number of rotatable bonds is 8. The smallest absolute Gasteiger partial charge is 0.243 e. The minimum Gasteiger partial charge on any atom is -0.494 e. The van der Waals surface area contributed by atoms with Crippen LogP contribution in [0, 0.1) is 0 Å². The number of sulfonamides is 1. The van der Waals surface area contributed by atoms with Gasteiger partial charge < -0.3 is 10.1 Å². The first kappa shape index (κ1) is 23.9. The van der Waals surface area contributed by atoms with Crippen LogP contribution in [0.1, 0.15) is 39.0 Å². The van der Waals surface area contributed by atoms with Crippen molar-refractivity contribution in [1.29, 1.82) is 0 Å². The number of halogens is 2. The van der Waals surface area contributed by atoms with Crippen LogP contribution in [0.3, 0.4) is 0 Å². The molecule has 1 aliphatic rings. The Kier molecular flexibility index (Phi) is 8.22. The Morgan fingerprint density at radius 2 is 1.74 bits per heavy atom. The number of benzene rings is 2. The molecule has 0 saturated heterocycles. The summed E-state index contributed by atoms with van der Waals surface area (Å²) in [5.74, 6) is 0.168. The number of carbonyl (C=O) groups is 1. The number of nitrogens with zero attached hydrogens (tertiary/aromatic N) is 1. The SMILES string of the molecule is CCOc1ccc(S(=O)(=O)N(CC(=O)Nc2ccc(Cl)c(Cl)c2)C2CCCCC2)cc1. The van der Waals surface area contributed by atoms with Crippen LogP contribution in [-0.4, -0.2) is 37.8 Å². The van der Waals surface area contributed by atoms with Crippen molar-refractivity contribution in [2.45, 2.75) is 50.0 Å². The number of amides is 1. The van der Waals surface area contributed by atoms with E-state index >= 15 is 0 Å². The zero-order valence-electron chi connectivity index (χ0n) is 17.3. The van der Waals surface area contributed by atoms with Gasteiger partial charge in [0.05, 0.1) is 28.1 Å². The molecule has 9 heteroatoms. The topological polar surface area (TPSA) is 75.7 Å². The van der Waals surface area contributed by atoms with Crippen LogP contribution in [0.25, 0.3) is 0 Å². The first-order valence-corrected chi connectivity index (χ1v) is 12.5. The van der Waals surface area contributed by atoms with Crippen molar-refractivity contribution >= 4 is 44.8 Å². The normalized spacial score (nSPS) is 15.1. The maximum atomic E-state index is 13.5. The molecular formula is C22H26Cl2N2O4S. The predicted octanol–water partition coefficient (Wildman–Crippen LogP) is 5.35. The summed E-state index contributed by atoms with van der Waals surface area (Å²) < 4.78 is 33.6. The summed E-state index contributed by atoms with van der Waals surface area (Å²) in [5.41, 5.74) is 0.460. The van der Waals surface area contributed by atoms with E-state index in [1.807, 2.05) is 6.92 Å². The van der Waals surface area contributed by atoms with Crippen molar-refractivity contribution < 1.29 is 17.9 Å². The van der Waals surface area contributed by atoms with E-state index in [0.717, 1.165) is 32.1 Å². The van der Waals surface area contributed by atoms with Gasteiger partial charge in [0, 0.05) is 11.7 Å². The molecule has 31 heavy (non-hydrogen) atoms. The lowest BCUT2D eigenvalue weighted by atomic mass is 9.95. The fraction of sp³-hybridized carbons (Fsp3) is 0.409. The molecule has 0 spiro atoms. The standard InChI is InChI=1S/C22H26Cl2N2O4S/c1-2-30-18-9-11-19(12-10-18)31(28,29)26(17-6-4-3-5-7-17)15-22(27)25-16-8-13-20(23)21(24)14-16/h8-14,17H,2-7,15H2,1H3,(H,25,27). The first-order chi connectivity index (χ1) is 14.8. The van der Waals surface area contributed by atoms with Gasteiger partial charge in [0.15, 0.2) is 0 Å². The summed E-state index contributed by atoms with van der Waals surface area (Å²) >= 11 is 11.9. The first-order valence-electron chi connectivity index (χ1n) is 10.3. The van der Waals surface area contributed by atoms with Crippen molar-refractivity contribution in [3.63, 3.8) is 0 Å². The highest BCUT2D eigenvalue weighted by Crippen LogP contribution is 2.29. The number of anilines is 1. The molecule has 1 saturated carbocycles. The molecule has 3 rings (SSSR count). The van der Waals surface area contributed by atoms with E-state index in [1.165, 1.54) is 22.5 Å². The van der Waals surface area contributed by atoms with Gasteiger partial charge in [-0.1, -0.05) is 42.5 Å². The number of hydrogen-bond donors (Lipinski definition) is 1. The molecule has 168 valence electrons. The van der Waals surface area contributed by atoms with Crippen LogP contribution >= 0.6 is 23.2 Å². The molecule has 1 aliphatic carbocycles. The number of ether oxygens (including phenoxy) is 1. The average Bonchev–Trinajstić information content (AvgIpc) is 2.76. The highest BCUT2D eigenvalue weighted by molar-refractivity contribution is 7.89. The highest BCUT2D eigenvalue weighted by Gasteiger charge is 2.34. The Labute approximate surface area is 193 Å². The van der Waals surface area contributed by atoms with Gasteiger partial charge in [0.1, 0.15) is 5.75 Å². The predicted molar refractivity (Wildman–Crippen MR) is 123 cm³/mol. The Balaban J connectivity index is 1.83. The second-order valence-corrected chi connectivity index (χ2v) is 10.1. The van der Waals surface area contributed by atoms with Crippen LogP contribution in [0.2, 0.25) is 10.0 Å². The van der Waals surface area contributed by atoms with Gasteiger partial charge >= 0.3 is 0 Å². The quantitative estimate of drug-likeness (QED) is 0.547. The Morgan fingerprint density at radius 1 is 1.06 bits per heavy atom. The van der Waals surface area contributed by atoms with E-state index in [1.54, 1.807) is 24.3 Å². The molecule has 0 bridgehead atoms. The van der Waals surface area contributed by atoms with Gasteiger partial charge in [-0.2, -0.15) is 4.31 Å². The lowest BCUT2D eigenvalue weighted by Gasteiger charge is -2.33. The average molecular weight is 485 g/mol. The van der Waals surface area contributed by atoms with Gasteiger partial charge in [-0.25, -0.2) is 8.42 Å². The fourth-order valence-electron chi connectivity index (χ4n) is 3.71. The number of carbonyl (C=O) groups excluding carboxylic acids is 1. The molecular weight excluding hydrogens is 459 g/mol. The Morgan fingerprint density at radius 3 is 2.35 bits per heavy atom. The highest BCUT2D eigenvalue weighted by atomic mass is 35.5. The number of nitrogens with one attached hydrogen (secondary N) is 1. The summed E-state index contributed by atoms with van der Waals surface area (Å²) in [5, 5.41) is 3.41. The molecule has 2 aromatic carbocycles. The minimum atomic E-state index is -3.86. The molecule has 0 unspecified atom stereocenters. The molecule has 1 fully saturated rings. The minimum absolute atomic E-state index is 0.142. The zero-order chi connectivity index (χ0) is 22.4. The van der Waals surface area contributed by atoms with Crippen LogP contribution in [-0.2, 0) is 14.8 Å². The van der Waals surface area contributed by atoms with Crippen molar-refractivity contribution in [1.82, 2.24) is 4.31 Å². The lowest BCUT2D eigenvalue weighted by Crippen LogP contribution is -2.45. The maximum absolute atomic E-state index is 13.5. The molecule has 0 aromatic heterocycles. The molecule has 2 aromatic rings.